The highest BCUT2D eigenvalue weighted by atomic mass is 15.1. The fourth-order valence-corrected chi connectivity index (χ4v) is 2.75. The largest absolute Gasteiger partial charge is 0.316 e. The van der Waals surface area contributed by atoms with Gasteiger partial charge in [-0.3, -0.25) is 0 Å². The van der Waals surface area contributed by atoms with Crippen LogP contribution < -0.4 is 5.32 Å². The lowest BCUT2D eigenvalue weighted by atomic mass is 9.96. The van der Waals surface area contributed by atoms with Gasteiger partial charge >= 0.3 is 0 Å². The summed E-state index contributed by atoms with van der Waals surface area (Å²) in [5, 5.41) is 3.61. The Labute approximate surface area is 115 Å². The molecule has 2 heteroatoms. The third-order valence-corrected chi connectivity index (χ3v) is 4.02. The van der Waals surface area contributed by atoms with Crippen LogP contribution in [0.4, 0.5) is 0 Å². The topological polar surface area (TPSA) is 15.3 Å². The molecule has 1 N–H and O–H groups in total. The van der Waals surface area contributed by atoms with Crippen molar-refractivity contribution in [3.8, 4) is 0 Å². The lowest BCUT2D eigenvalue weighted by molar-refractivity contribution is 0.179. The van der Waals surface area contributed by atoms with E-state index < -0.39 is 0 Å². The lowest BCUT2D eigenvalue weighted by Crippen LogP contribution is -2.38. The van der Waals surface area contributed by atoms with E-state index in [0.29, 0.717) is 0 Å². The van der Waals surface area contributed by atoms with E-state index in [1.807, 2.05) is 0 Å². The van der Waals surface area contributed by atoms with E-state index in [1.54, 1.807) is 0 Å². The predicted molar refractivity (Wildman–Crippen MR) is 81.0 cm³/mol. The van der Waals surface area contributed by atoms with Gasteiger partial charge in [0.2, 0.25) is 0 Å². The molecule has 0 aromatic heterocycles. The van der Waals surface area contributed by atoms with E-state index in [4.69, 9.17) is 0 Å². The Hall–Kier alpha value is -0.0800. The second-order valence-electron chi connectivity index (χ2n) is 6.40. The zero-order valence-electron chi connectivity index (χ0n) is 12.9. The normalized spacial score (nSPS) is 18.7. The predicted octanol–water partition coefficient (Wildman–Crippen LogP) is 3.52. The van der Waals surface area contributed by atoms with Gasteiger partial charge in [0, 0.05) is 0 Å². The Bertz CT molecular complexity index is 184. The molecular weight excluding hydrogens is 220 g/mol. The number of likely N-dealkylation sites (tertiary alicyclic amines) is 1. The van der Waals surface area contributed by atoms with E-state index >= 15 is 0 Å². The van der Waals surface area contributed by atoms with Crippen molar-refractivity contribution in [1.29, 1.82) is 0 Å². The molecule has 0 amide bonds. The summed E-state index contributed by atoms with van der Waals surface area (Å²) in [6.45, 7) is 13.3. The zero-order valence-corrected chi connectivity index (χ0v) is 12.9. The number of rotatable bonds is 9. The number of hydrogen-bond acceptors (Lipinski definition) is 2. The standard InChI is InChI=1S/C16H34N2/c1-4-5-6-7-10-18-11-8-16(9-12-18)14-17-13-15(2)3/h15-17H,4-14H2,1-3H3. The van der Waals surface area contributed by atoms with Gasteiger partial charge in [-0.1, -0.05) is 40.0 Å². The lowest BCUT2D eigenvalue weighted by Gasteiger charge is -2.32. The minimum Gasteiger partial charge on any atom is -0.316 e. The second kappa shape index (κ2) is 9.80. The van der Waals surface area contributed by atoms with Crippen LogP contribution in [-0.2, 0) is 0 Å². The first-order valence-corrected chi connectivity index (χ1v) is 8.15. The Morgan fingerprint density at radius 3 is 2.44 bits per heavy atom. The van der Waals surface area contributed by atoms with Gasteiger partial charge in [0.05, 0.1) is 0 Å². The number of unbranched alkanes of at least 4 members (excludes halogenated alkanes) is 3. The van der Waals surface area contributed by atoms with Gasteiger partial charge in [-0.25, -0.2) is 0 Å². The summed E-state index contributed by atoms with van der Waals surface area (Å²) in [6.07, 6.45) is 8.40. The van der Waals surface area contributed by atoms with Crippen LogP contribution >= 0.6 is 0 Å². The van der Waals surface area contributed by atoms with E-state index in [1.165, 1.54) is 71.2 Å². The molecule has 108 valence electrons. The maximum absolute atomic E-state index is 3.61. The summed E-state index contributed by atoms with van der Waals surface area (Å²) >= 11 is 0. The quantitative estimate of drug-likeness (QED) is 0.633. The highest BCUT2D eigenvalue weighted by Gasteiger charge is 2.18. The summed E-state index contributed by atoms with van der Waals surface area (Å²) in [7, 11) is 0. The van der Waals surface area contributed by atoms with Gasteiger partial charge in [-0.2, -0.15) is 0 Å². The Morgan fingerprint density at radius 2 is 1.83 bits per heavy atom. The van der Waals surface area contributed by atoms with Crippen molar-refractivity contribution in [1.82, 2.24) is 10.2 Å². The summed E-state index contributed by atoms with van der Waals surface area (Å²) in [6, 6.07) is 0. The summed E-state index contributed by atoms with van der Waals surface area (Å²) in [5.41, 5.74) is 0. The van der Waals surface area contributed by atoms with E-state index in [-0.39, 0.29) is 0 Å². The SMILES string of the molecule is CCCCCCN1CCC(CNCC(C)C)CC1. The molecule has 1 fully saturated rings. The average Bonchev–Trinajstić information content (AvgIpc) is 2.36. The fourth-order valence-electron chi connectivity index (χ4n) is 2.75. The average molecular weight is 254 g/mol. The Kier molecular flexibility index (Phi) is 8.70. The summed E-state index contributed by atoms with van der Waals surface area (Å²) in [4.78, 5) is 2.68. The first-order chi connectivity index (χ1) is 8.72. The van der Waals surface area contributed by atoms with Crippen molar-refractivity contribution in [3.05, 3.63) is 0 Å². The van der Waals surface area contributed by atoms with Crippen LogP contribution in [-0.4, -0.2) is 37.6 Å². The van der Waals surface area contributed by atoms with Crippen molar-refractivity contribution in [2.45, 2.75) is 59.3 Å². The van der Waals surface area contributed by atoms with Gasteiger partial charge in [0.1, 0.15) is 0 Å². The van der Waals surface area contributed by atoms with Gasteiger partial charge in [0.15, 0.2) is 0 Å². The molecule has 0 aliphatic carbocycles. The molecule has 1 aliphatic heterocycles. The zero-order chi connectivity index (χ0) is 13.2. The molecule has 0 atom stereocenters. The van der Waals surface area contributed by atoms with Crippen LogP contribution in [0, 0.1) is 11.8 Å². The molecule has 0 saturated carbocycles. The minimum atomic E-state index is 0.781. The van der Waals surface area contributed by atoms with Crippen molar-refractivity contribution < 1.29 is 0 Å². The molecule has 18 heavy (non-hydrogen) atoms. The third-order valence-electron chi connectivity index (χ3n) is 4.02. The molecule has 0 spiro atoms. The van der Waals surface area contributed by atoms with Crippen molar-refractivity contribution in [3.63, 3.8) is 0 Å². The van der Waals surface area contributed by atoms with Crippen molar-refractivity contribution in [2.24, 2.45) is 11.8 Å². The Morgan fingerprint density at radius 1 is 1.11 bits per heavy atom. The van der Waals surface area contributed by atoms with Gasteiger partial charge in [0.25, 0.3) is 0 Å². The molecule has 0 unspecified atom stereocenters. The van der Waals surface area contributed by atoms with Crippen LogP contribution in [0.5, 0.6) is 0 Å². The molecule has 0 radical (unpaired) electrons. The van der Waals surface area contributed by atoms with Gasteiger partial charge < -0.3 is 10.2 Å². The number of nitrogens with zero attached hydrogens (tertiary/aromatic N) is 1. The van der Waals surface area contributed by atoms with Crippen LogP contribution in [0.3, 0.4) is 0 Å². The summed E-state index contributed by atoms with van der Waals surface area (Å²) < 4.78 is 0. The van der Waals surface area contributed by atoms with E-state index in [9.17, 15) is 0 Å². The highest BCUT2D eigenvalue weighted by Crippen LogP contribution is 2.17. The fraction of sp³-hybridized carbons (Fsp3) is 1.00. The molecule has 1 rings (SSSR count). The van der Waals surface area contributed by atoms with E-state index in [0.717, 1.165) is 11.8 Å². The van der Waals surface area contributed by atoms with Crippen molar-refractivity contribution >= 4 is 0 Å². The monoisotopic (exact) mass is 254 g/mol. The van der Waals surface area contributed by atoms with Crippen LogP contribution in [0.15, 0.2) is 0 Å². The maximum Gasteiger partial charge on any atom is -0.00156 e. The first-order valence-electron chi connectivity index (χ1n) is 8.15. The number of hydrogen-bond donors (Lipinski definition) is 1. The van der Waals surface area contributed by atoms with Crippen LogP contribution in [0.25, 0.3) is 0 Å². The highest BCUT2D eigenvalue weighted by molar-refractivity contribution is 4.74. The third kappa shape index (κ3) is 7.38. The molecular formula is C16H34N2. The van der Waals surface area contributed by atoms with Gasteiger partial charge in [-0.15, -0.1) is 0 Å². The minimum absolute atomic E-state index is 0.781. The van der Waals surface area contributed by atoms with Gasteiger partial charge in [-0.05, 0) is 63.8 Å². The van der Waals surface area contributed by atoms with Crippen LogP contribution in [0.2, 0.25) is 0 Å². The second-order valence-corrected chi connectivity index (χ2v) is 6.40. The van der Waals surface area contributed by atoms with Crippen LogP contribution in [0.1, 0.15) is 59.3 Å². The molecule has 1 aliphatic rings. The Balaban J connectivity index is 1.98. The van der Waals surface area contributed by atoms with Crippen molar-refractivity contribution in [2.75, 3.05) is 32.7 Å². The molecule has 1 saturated heterocycles. The smallest absolute Gasteiger partial charge is 0.00156 e. The summed E-state index contributed by atoms with van der Waals surface area (Å²) in [5.74, 6) is 1.71. The first kappa shape index (κ1) is 16.0. The molecule has 0 aromatic rings. The molecule has 0 aromatic carbocycles. The van der Waals surface area contributed by atoms with E-state index in [2.05, 4.69) is 31.0 Å². The molecule has 1 heterocycles. The molecule has 2 nitrogen and oxygen atoms in total. The molecule has 0 bridgehead atoms. The maximum atomic E-state index is 3.61. The number of nitrogens with one attached hydrogen (secondary N) is 1. The number of piperidine rings is 1.